The van der Waals surface area contributed by atoms with Crippen LogP contribution in [0.2, 0.25) is 0 Å². The van der Waals surface area contributed by atoms with Crippen LogP contribution in [0.1, 0.15) is 17.9 Å². The molecule has 2 unspecified atom stereocenters. The fourth-order valence-electron chi connectivity index (χ4n) is 1.58. The number of hydrogen-bond acceptors (Lipinski definition) is 3. The maximum absolute atomic E-state index is 13.7. The molecule has 2 rings (SSSR count). The van der Waals surface area contributed by atoms with Crippen molar-refractivity contribution in [3.05, 3.63) is 50.9 Å². The molecule has 0 aliphatic rings. The van der Waals surface area contributed by atoms with Crippen molar-refractivity contribution in [3.8, 4) is 5.75 Å². The number of ether oxygens (including phenoxy) is 1. The third-order valence-corrected chi connectivity index (χ3v) is 3.88. The van der Waals surface area contributed by atoms with Crippen molar-refractivity contribution < 1.29 is 9.13 Å². The average Bonchev–Trinajstić information content (AvgIpc) is 2.83. The van der Waals surface area contributed by atoms with E-state index in [-0.39, 0.29) is 23.7 Å². The van der Waals surface area contributed by atoms with E-state index in [0.29, 0.717) is 0 Å². The lowest BCUT2D eigenvalue weighted by atomic mass is 10.1. The van der Waals surface area contributed by atoms with Gasteiger partial charge >= 0.3 is 0 Å². The molecular formula is C13H13BrFNOS. The lowest BCUT2D eigenvalue weighted by molar-refractivity contribution is 0.176. The van der Waals surface area contributed by atoms with Crippen LogP contribution in [0.4, 0.5) is 4.39 Å². The molecule has 96 valence electrons. The van der Waals surface area contributed by atoms with Gasteiger partial charge in [0, 0.05) is 15.4 Å². The Labute approximate surface area is 118 Å². The third-order valence-electron chi connectivity index (χ3n) is 2.45. The number of thiophene rings is 1. The van der Waals surface area contributed by atoms with Crippen LogP contribution in [0.5, 0.6) is 5.75 Å². The molecule has 1 heterocycles. The highest BCUT2D eigenvalue weighted by Crippen LogP contribution is 2.30. The van der Waals surface area contributed by atoms with E-state index in [9.17, 15) is 4.39 Å². The first-order valence-corrected chi connectivity index (χ1v) is 7.16. The van der Waals surface area contributed by atoms with Gasteiger partial charge in [0.25, 0.3) is 0 Å². The number of nitrogens with two attached hydrogens (primary N) is 1. The molecule has 2 aromatic rings. The molecule has 2 atom stereocenters. The Morgan fingerprint density at radius 1 is 1.39 bits per heavy atom. The first-order chi connectivity index (χ1) is 8.58. The summed E-state index contributed by atoms with van der Waals surface area (Å²) in [5, 5.41) is 1.95. The Bertz CT molecular complexity index is 516. The van der Waals surface area contributed by atoms with E-state index in [1.165, 1.54) is 6.07 Å². The topological polar surface area (TPSA) is 35.2 Å². The molecule has 5 heteroatoms. The zero-order valence-electron chi connectivity index (χ0n) is 9.77. The lowest BCUT2D eigenvalue weighted by Gasteiger charge is -2.21. The Kier molecular flexibility index (Phi) is 4.37. The molecule has 18 heavy (non-hydrogen) atoms. The van der Waals surface area contributed by atoms with Gasteiger partial charge in [0.2, 0.25) is 0 Å². The molecular weight excluding hydrogens is 317 g/mol. The van der Waals surface area contributed by atoms with E-state index in [1.54, 1.807) is 23.5 Å². The average molecular weight is 330 g/mol. The van der Waals surface area contributed by atoms with Crippen molar-refractivity contribution >= 4 is 27.3 Å². The highest BCUT2D eigenvalue weighted by atomic mass is 79.9. The molecule has 1 aromatic carbocycles. The van der Waals surface area contributed by atoms with Gasteiger partial charge < -0.3 is 10.5 Å². The van der Waals surface area contributed by atoms with Crippen LogP contribution in [-0.2, 0) is 0 Å². The Hall–Kier alpha value is -0.910. The van der Waals surface area contributed by atoms with Crippen molar-refractivity contribution in [2.24, 2.45) is 5.73 Å². The van der Waals surface area contributed by atoms with Crippen molar-refractivity contribution in [1.29, 1.82) is 0 Å². The predicted octanol–water partition coefficient (Wildman–Crippen LogP) is 4.12. The highest BCUT2D eigenvalue weighted by Gasteiger charge is 2.20. The van der Waals surface area contributed by atoms with Crippen LogP contribution in [0.25, 0.3) is 0 Å². The van der Waals surface area contributed by atoms with Crippen molar-refractivity contribution in [3.63, 3.8) is 0 Å². The van der Waals surface area contributed by atoms with E-state index in [4.69, 9.17) is 10.5 Å². The maximum Gasteiger partial charge on any atom is 0.165 e. The normalized spacial score (nSPS) is 14.2. The second kappa shape index (κ2) is 5.82. The zero-order valence-corrected chi connectivity index (χ0v) is 12.2. The highest BCUT2D eigenvalue weighted by molar-refractivity contribution is 9.10. The zero-order chi connectivity index (χ0) is 13.1. The molecule has 2 nitrogen and oxygen atoms in total. The van der Waals surface area contributed by atoms with Crippen LogP contribution in [0.15, 0.2) is 40.2 Å². The van der Waals surface area contributed by atoms with Crippen LogP contribution in [0, 0.1) is 5.82 Å². The standard InChI is InChI=1S/C13H13BrFNOS/c1-8(16)13(12-3-2-6-18-12)17-11-7-9(14)4-5-10(11)15/h2-8,13H,16H2,1H3. The predicted molar refractivity (Wildman–Crippen MR) is 75.4 cm³/mol. The first-order valence-electron chi connectivity index (χ1n) is 5.48. The summed E-state index contributed by atoms with van der Waals surface area (Å²) in [6.45, 7) is 1.85. The first kappa shape index (κ1) is 13.5. The van der Waals surface area contributed by atoms with E-state index < -0.39 is 0 Å². The minimum absolute atomic E-state index is 0.208. The summed E-state index contributed by atoms with van der Waals surface area (Å²) in [6.07, 6.45) is -0.339. The summed E-state index contributed by atoms with van der Waals surface area (Å²) < 4.78 is 20.1. The van der Waals surface area contributed by atoms with Gasteiger partial charge in [0.15, 0.2) is 11.6 Å². The molecule has 0 bridgehead atoms. The van der Waals surface area contributed by atoms with Crippen molar-refractivity contribution in [2.45, 2.75) is 19.1 Å². The van der Waals surface area contributed by atoms with Gasteiger partial charge in [0.1, 0.15) is 6.10 Å². The molecule has 0 amide bonds. The summed E-state index contributed by atoms with van der Waals surface area (Å²) in [6, 6.07) is 8.26. The second-order valence-electron chi connectivity index (χ2n) is 3.99. The van der Waals surface area contributed by atoms with Crippen LogP contribution in [-0.4, -0.2) is 6.04 Å². The van der Waals surface area contributed by atoms with E-state index in [1.807, 2.05) is 24.4 Å². The monoisotopic (exact) mass is 329 g/mol. The molecule has 1 aromatic heterocycles. The van der Waals surface area contributed by atoms with E-state index in [0.717, 1.165) is 9.35 Å². The fraction of sp³-hybridized carbons (Fsp3) is 0.231. The maximum atomic E-state index is 13.7. The van der Waals surface area contributed by atoms with Crippen LogP contribution in [0.3, 0.4) is 0 Å². The Balaban J connectivity index is 2.27. The number of halogens is 2. The summed E-state index contributed by atoms with van der Waals surface area (Å²) >= 11 is 4.85. The SMILES string of the molecule is CC(N)C(Oc1cc(Br)ccc1F)c1cccs1. The van der Waals surface area contributed by atoms with E-state index in [2.05, 4.69) is 15.9 Å². The number of rotatable bonds is 4. The molecule has 0 radical (unpaired) electrons. The minimum atomic E-state index is -0.389. The Morgan fingerprint density at radius 2 is 2.17 bits per heavy atom. The molecule has 0 saturated carbocycles. The molecule has 0 spiro atoms. The fourth-order valence-corrected chi connectivity index (χ4v) is 2.79. The van der Waals surface area contributed by atoms with Crippen molar-refractivity contribution in [2.75, 3.05) is 0 Å². The summed E-state index contributed by atoms with van der Waals surface area (Å²) in [4.78, 5) is 0.990. The van der Waals surface area contributed by atoms with Gasteiger partial charge in [0.05, 0.1) is 0 Å². The van der Waals surface area contributed by atoms with Gasteiger partial charge in [-0.1, -0.05) is 22.0 Å². The van der Waals surface area contributed by atoms with Gasteiger partial charge in [-0.15, -0.1) is 11.3 Å². The van der Waals surface area contributed by atoms with Crippen LogP contribution >= 0.6 is 27.3 Å². The number of benzene rings is 1. The van der Waals surface area contributed by atoms with Gasteiger partial charge in [-0.2, -0.15) is 0 Å². The van der Waals surface area contributed by atoms with Gasteiger partial charge in [-0.05, 0) is 36.6 Å². The summed E-state index contributed by atoms with van der Waals surface area (Å²) in [5.74, 6) is -0.180. The molecule has 0 fully saturated rings. The largest absolute Gasteiger partial charge is 0.480 e. The minimum Gasteiger partial charge on any atom is -0.480 e. The molecule has 0 aliphatic heterocycles. The lowest BCUT2D eigenvalue weighted by Crippen LogP contribution is -2.28. The summed E-state index contributed by atoms with van der Waals surface area (Å²) in [5.41, 5.74) is 5.91. The van der Waals surface area contributed by atoms with Gasteiger partial charge in [-0.25, -0.2) is 4.39 Å². The van der Waals surface area contributed by atoms with E-state index >= 15 is 0 Å². The third kappa shape index (κ3) is 3.10. The van der Waals surface area contributed by atoms with Gasteiger partial charge in [-0.3, -0.25) is 0 Å². The Morgan fingerprint density at radius 3 is 2.78 bits per heavy atom. The second-order valence-corrected chi connectivity index (χ2v) is 5.88. The quantitative estimate of drug-likeness (QED) is 0.915. The molecule has 2 N–H and O–H groups in total. The van der Waals surface area contributed by atoms with Crippen molar-refractivity contribution in [1.82, 2.24) is 0 Å². The van der Waals surface area contributed by atoms with Crippen LogP contribution < -0.4 is 10.5 Å². The smallest absolute Gasteiger partial charge is 0.165 e. The molecule has 0 saturated heterocycles. The molecule has 0 aliphatic carbocycles. The number of hydrogen-bond donors (Lipinski definition) is 1. The summed E-state index contributed by atoms with van der Waals surface area (Å²) in [7, 11) is 0.